The number of rotatable bonds is 9. The van der Waals surface area contributed by atoms with E-state index in [0.717, 1.165) is 28.9 Å². The standard InChI is InChI=1S/C22H24F3N3O3S2/c1-5-6-9-28-19-8-7-15(33(30,31)27(3)4)12-18(19)26-22(28)32-13(2)21(29)20-16(24)10-14(23)11-17(20)25/h7-8,10-13H,5-6,9H2,1-4H3. The van der Waals surface area contributed by atoms with Crippen LogP contribution in [0.25, 0.3) is 11.0 Å². The number of imidazole rings is 1. The molecule has 0 aliphatic carbocycles. The lowest BCUT2D eigenvalue weighted by molar-refractivity contribution is 0.0985. The van der Waals surface area contributed by atoms with Gasteiger partial charge in [0.2, 0.25) is 10.0 Å². The molecule has 0 radical (unpaired) electrons. The van der Waals surface area contributed by atoms with Crippen molar-refractivity contribution in [2.75, 3.05) is 14.1 Å². The molecule has 0 aliphatic rings. The van der Waals surface area contributed by atoms with Crippen LogP contribution in [0.3, 0.4) is 0 Å². The monoisotopic (exact) mass is 499 g/mol. The Hall–Kier alpha value is -2.37. The van der Waals surface area contributed by atoms with Gasteiger partial charge in [-0.3, -0.25) is 4.79 Å². The van der Waals surface area contributed by atoms with Crippen LogP contribution in [0.5, 0.6) is 0 Å². The molecule has 0 fully saturated rings. The zero-order valence-electron chi connectivity index (χ0n) is 18.6. The van der Waals surface area contributed by atoms with Crippen LogP contribution in [0.2, 0.25) is 0 Å². The summed E-state index contributed by atoms with van der Waals surface area (Å²) in [5, 5.41) is -0.511. The summed E-state index contributed by atoms with van der Waals surface area (Å²) in [5.74, 6) is -4.46. The van der Waals surface area contributed by atoms with E-state index in [0.29, 0.717) is 34.9 Å². The number of aryl methyl sites for hydroxylation is 1. The second-order valence-corrected chi connectivity index (χ2v) is 11.2. The van der Waals surface area contributed by atoms with Gasteiger partial charge in [-0.1, -0.05) is 25.1 Å². The molecular formula is C22H24F3N3O3S2. The first-order valence-electron chi connectivity index (χ1n) is 10.3. The number of ketones is 1. The van der Waals surface area contributed by atoms with Gasteiger partial charge in [-0.05, 0) is 31.5 Å². The van der Waals surface area contributed by atoms with E-state index < -0.39 is 44.1 Å². The third kappa shape index (κ3) is 5.10. The van der Waals surface area contributed by atoms with Crippen molar-refractivity contribution < 1.29 is 26.4 Å². The fourth-order valence-corrected chi connectivity index (χ4v) is 5.20. The van der Waals surface area contributed by atoms with Crippen molar-refractivity contribution in [3.8, 4) is 0 Å². The molecule has 1 aromatic heterocycles. The summed E-state index contributed by atoms with van der Waals surface area (Å²) in [6.07, 6.45) is 1.69. The van der Waals surface area contributed by atoms with Crippen molar-refractivity contribution in [1.29, 1.82) is 0 Å². The first-order valence-corrected chi connectivity index (χ1v) is 12.6. The van der Waals surface area contributed by atoms with Crippen LogP contribution in [0.1, 0.15) is 37.0 Å². The third-order valence-corrected chi connectivity index (χ3v) is 8.00. The summed E-state index contributed by atoms with van der Waals surface area (Å²) in [6.45, 7) is 4.07. The summed E-state index contributed by atoms with van der Waals surface area (Å²) in [4.78, 5) is 17.4. The first kappa shape index (κ1) is 25.3. The largest absolute Gasteiger partial charge is 0.319 e. The lowest BCUT2D eigenvalue weighted by Crippen LogP contribution is -2.22. The Bertz CT molecular complexity index is 1280. The van der Waals surface area contributed by atoms with Crippen molar-refractivity contribution in [2.45, 2.75) is 48.5 Å². The van der Waals surface area contributed by atoms with Crippen molar-refractivity contribution in [3.05, 3.63) is 53.3 Å². The average molecular weight is 500 g/mol. The third-order valence-electron chi connectivity index (χ3n) is 5.10. The van der Waals surface area contributed by atoms with Crippen molar-refractivity contribution >= 4 is 38.6 Å². The number of fused-ring (bicyclic) bond motifs is 1. The Kier molecular flexibility index (Phi) is 7.55. The van der Waals surface area contributed by atoms with E-state index in [1.807, 2.05) is 11.5 Å². The van der Waals surface area contributed by atoms with Crippen molar-refractivity contribution in [1.82, 2.24) is 13.9 Å². The lowest BCUT2D eigenvalue weighted by atomic mass is 10.1. The molecule has 178 valence electrons. The smallest absolute Gasteiger partial charge is 0.242 e. The predicted molar refractivity (Wildman–Crippen MR) is 121 cm³/mol. The molecule has 0 aliphatic heterocycles. The minimum Gasteiger partial charge on any atom is -0.319 e. The van der Waals surface area contributed by atoms with Crippen LogP contribution >= 0.6 is 11.8 Å². The summed E-state index contributed by atoms with van der Waals surface area (Å²) in [7, 11) is -0.801. The van der Waals surface area contributed by atoms with Crippen LogP contribution in [-0.2, 0) is 16.6 Å². The molecular weight excluding hydrogens is 475 g/mol. The molecule has 0 amide bonds. The molecule has 0 spiro atoms. The van der Waals surface area contributed by atoms with Crippen LogP contribution in [-0.4, -0.2) is 47.4 Å². The number of thioether (sulfide) groups is 1. The predicted octanol–water partition coefficient (Wildman–Crippen LogP) is 4.87. The molecule has 3 rings (SSSR count). The molecule has 0 saturated carbocycles. The number of benzene rings is 2. The van der Waals surface area contributed by atoms with Crippen LogP contribution in [0.15, 0.2) is 40.4 Å². The number of aromatic nitrogens is 2. The molecule has 1 unspecified atom stereocenters. The van der Waals surface area contributed by atoms with Gasteiger partial charge in [0.15, 0.2) is 10.9 Å². The Morgan fingerprint density at radius 3 is 2.36 bits per heavy atom. The number of unbranched alkanes of at least 4 members (excludes halogenated alkanes) is 1. The molecule has 0 bridgehead atoms. The highest BCUT2D eigenvalue weighted by atomic mass is 32.2. The molecule has 2 aromatic carbocycles. The van der Waals surface area contributed by atoms with E-state index in [4.69, 9.17) is 0 Å². The van der Waals surface area contributed by atoms with Gasteiger partial charge >= 0.3 is 0 Å². The number of nitrogens with zero attached hydrogens (tertiary/aromatic N) is 3. The summed E-state index contributed by atoms with van der Waals surface area (Å²) < 4.78 is 69.4. The Morgan fingerprint density at radius 1 is 1.15 bits per heavy atom. The maximum absolute atomic E-state index is 14.1. The molecule has 0 N–H and O–H groups in total. The topological polar surface area (TPSA) is 72.3 Å². The van der Waals surface area contributed by atoms with Crippen LogP contribution < -0.4 is 0 Å². The molecule has 33 heavy (non-hydrogen) atoms. The molecule has 0 saturated heterocycles. The van der Waals surface area contributed by atoms with Crippen LogP contribution in [0.4, 0.5) is 13.2 Å². The van der Waals surface area contributed by atoms with Crippen molar-refractivity contribution in [3.63, 3.8) is 0 Å². The van der Waals surface area contributed by atoms with E-state index in [1.54, 1.807) is 6.07 Å². The van der Waals surface area contributed by atoms with Gasteiger partial charge in [0.1, 0.15) is 17.5 Å². The number of carbonyl (C=O) groups is 1. The average Bonchev–Trinajstić information content (AvgIpc) is 3.07. The number of hydrogen-bond acceptors (Lipinski definition) is 5. The summed E-state index contributed by atoms with van der Waals surface area (Å²) >= 11 is 1.01. The first-order chi connectivity index (χ1) is 15.5. The maximum atomic E-state index is 14.1. The SMILES string of the molecule is CCCCn1c(SC(C)C(=O)c2c(F)cc(F)cc2F)nc2cc(S(=O)(=O)N(C)C)ccc21. The second kappa shape index (κ2) is 9.86. The van der Waals surface area contributed by atoms with Gasteiger partial charge in [-0.25, -0.2) is 30.9 Å². The lowest BCUT2D eigenvalue weighted by Gasteiger charge is -2.13. The minimum absolute atomic E-state index is 0.0799. The quantitative estimate of drug-likeness (QED) is 0.310. The highest BCUT2D eigenvalue weighted by Crippen LogP contribution is 2.31. The van der Waals surface area contributed by atoms with Gasteiger partial charge in [0, 0.05) is 32.8 Å². The van der Waals surface area contributed by atoms with Gasteiger partial charge in [0.25, 0.3) is 0 Å². The minimum atomic E-state index is -3.67. The van der Waals surface area contributed by atoms with Gasteiger partial charge < -0.3 is 4.57 Å². The molecule has 1 heterocycles. The molecule has 6 nitrogen and oxygen atoms in total. The molecule has 3 aromatic rings. The maximum Gasteiger partial charge on any atom is 0.242 e. The zero-order valence-corrected chi connectivity index (χ0v) is 20.2. The van der Waals surface area contributed by atoms with E-state index in [9.17, 15) is 26.4 Å². The van der Waals surface area contributed by atoms with Gasteiger partial charge in [-0.2, -0.15) is 0 Å². The number of carbonyl (C=O) groups excluding carboxylic acids is 1. The number of Topliss-reactive ketones (excluding diaryl/α,β-unsaturated/α-hetero) is 1. The van der Waals surface area contributed by atoms with E-state index in [-0.39, 0.29) is 4.90 Å². The second-order valence-electron chi connectivity index (χ2n) is 7.71. The fourth-order valence-electron chi connectivity index (χ4n) is 3.27. The van der Waals surface area contributed by atoms with Gasteiger partial charge in [-0.15, -0.1) is 0 Å². The van der Waals surface area contributed by atoms with Crippen molar-refractivity contribution in [2.24, 2.45) is 0 Å². The number of hydrogen-bond donors (Lipinski definition) is 0. The highest BCUT2D eigenvalue weighted by Gasteiger charge is 2.27. The normalized spacial score (nSPS) is 13.1. The zero-order chi connectivity index (χ0) is 24.5. The van der Waals surface area contributed by atoms with E-state index >= 15 is 0 Å². The van der Waals surface area contributed by atoms with E-state index in [2.05, 4.69) is 4.98 Å². The molecule has 1 atom stereocenters. The Labute approximate surface area is 194 Å². The summed E-state index contributed by atoms with van der Waals surface area (Å²) in [6, 6.07) is 5.55. The Balaban J connectivity index is 2.01. The number of sulfonamides is 1. The van der Waals surface area contributed by atoms with Crippen LogP contribution in [0, 0.1) is 17.5 Å². The molecule has 11 heteroatoms. The highest BCUT2D eigenvalue weighted by molar-refractivity contribution is 8.00. The number of halogens is 3. The van der Waals surface area contributed by atoms with Gasteiger partial charge in [0.05, 0.1) is 26.7 Å². The Morgan fingerprint density at radius 2 is 1.79 bits per heavy atom. The fraction of sp³-hybridized carbons (Fsp3) is 0.364. The van der Waals surface area contributed by atoms with E-state index in [1.165, 1.54) is 33.2 Å². The summed E-state index contributed by atoms with van der Waals surface area (Å²) in [5.41, 5.74) is 0.310.